The molecule has 0 N–H and O–H groups in total. The van der Waals surface area contributed by atoms with Crippen LogP contribution >= 0.6 is 11.6 Å². The van der Waals surface area contributed by atoms with Crippen LogP contribution in [0.25, 0.3) is 0 Å². The summed E-state index contributed by atoms with van der Waals surface area (Å²) in [6, 6.07) is 13.6. The number of allylic oxidation sites excluding steroid dienone is 2. The second kappa shape index (κ2) is 6.17. The molecule has 0 aliphatic heterocycles. The van der Waals surface area contributed by atoms with Crippen molar-refractivity contribution < 1.29 is 14.4 Å². The van der Waals surface area contributed by atoms with Gasteiger partial charge in [-0.25, -0.2) is 0 Å². The molecule has 0 saturated carbocycles. The van der Waals surface area contributed by atoms with E-state index in [9.17, 15) is 14.4 Å². The first kappa shape index (κ1) is 16.3. The van der Waals surface area contributed by atoms with E-state index in [1.165, 1.54) is 19.1 Å². The number of benzene rings is 2. The molecule has 2 aromatic carbocycles. The molecule has 0 saturated heterocycles. The number of fused-ring (bicyclic) bond motifs is 1. The molecule has 0 bridgehead atoms. The molecule has 0 amide bonds. The highest BCUT2D eigenvalue weighted by molar-refractivity contribution is 6.30. The summed E-state index contributed by atoms with van der Waals surface area (Å²) in [5.74, 6) is -0.773. The quantitative estimate of drug-likeness (QED) is 0.479. The topological polar surface area (TPSA) is 51.2 Å². The molecule has 24 heavy (non-hydrogen) atoms. The van der Waals surface area contributed by atoms with Gasteiger partial charge in [-0.1, -0.05) is 41.9 Å². The summed E-state index contributed by atoms with van der Waals surface area (Å²) in [6.07, 6.45) is 3.06. The first-order valence-electron chi connectivity index (χ1n) is 7.57. The lowest BCUT2D eigenvalue weighted by molar-refractivity contribution is -0.121. The van der Waals surface area contributed by atoms with Gasteiger partial charge in [0.05, 0.1) is 0 Å². The van der Waals surface area contributed by atoms with E-state index in [1.54, 1.807) is 36.4 Å². The predicted molar refractivity (Wildman–Crippen MR) is 92.5 cm³/mol. The van der Waals surface area contributed by atoms with Crippen molar-refractivity contribution in [2.75, 3.05) is 0 Å². The first-order valence-corrected chi connectivity index (χ1v) is 7.95. The maximum absolute atomic E-state index is 12.8. The lowest BCUT2D eigenvalue weighted by atomic mass is 9.79. The average Bonchev–Trinajstić information content (AvgIpc) is 2.87. The monoisotopic (exact) mass is 338 g/mol. The molecule has 0 heterocycles. The Hall–Kier alpha value is -2.52. The second-order valence-electron chi connectivity index (χ2n) is 5.90. The Morgan fingerprint density at radius 1 is 1.08 bits per heavy atom. The molecule has 3 nitrogen and oxygen atoms in total. The van der Waals surface area contributed by atoms with Crippen LogP contribution in [0.4, 0.5) is 0 Å². The van der Waals surface area contributed by atoms with Gasteiger partial charge < -0.3 is 0 Å². The van der Waals surface area contributed by atoms with Crippen molar-refractivity contribution in [2.45, 2.75) is 13.3 Å². The molecular formula is C20H15ClO3. The summed E-state index contributed by atoms with van der Waals surface area (Å²) in [5, 5.41) is 0.539. The SMILES string of the molecule is CC(=O)[C@@]1(/C=C/C(=O)c2ccc(Cl)cc2)Cc2ccccc2C1=O. The van der Waals surface area contributed by atoms with E-state index in [1.807, 2.05) is 12.1 Å². The number of hydrogen-bond donors (Lipinski definition) is 0. The number of carbonyl (C=O) groups is 3. The fraction of sp³-hybridized carbons (Fsp3) is 0.150. The van der Waals surface area contributed by atoms with Gasteiger partial charge in [0.1, 0.15) is 11.2 Å². The molecular weight excluding hydrogens is 324 g/mol. The van der Waals surface area contributed by atoms with Gasteiger partial charge in [-0.15, -0.1) is 0 Å². The van der Waals surface area contributed by atoms with Gasteiger partial charge in [-0.2, -0.15) is 0 Å². The van der Waals surface area contributed by atoms with E-state index in [0.29, 0.717) is 22.6 Å². The van der Waals surface area contributed by atoms with E-state index < -0.39 is 5.41 Å². The van der Waals surface area contributed by atoms with Crippen LogP contribution in [0.5, 0.6) is 0 Å². The molecule has 0 fully saturated rings. The third-order valence-corrected chi connectivity index (χ3v) is 4.66. The molecule has 4 heteroatoms. The van der Waals surface area contributed by atoms with Gasteiger partial charge >= 0.3 is 0 Å². The predicted octanol–water partition coefficient (Wildman–Crippen LogP) is 4.09. The highest BCUT2D eigenvalue weighted by atomic mass is 35.5. The Labute approximate surface area is 145 Å². The Kier molecular flexibility index (Phi) is 4.20. The molecule has 120 valence electrons. The minimum Gasteiger partial charge on any atom is -0.299 e. The molecule has 0 radical (unpaired) electrons. The Morgan fingerprint density at radius 2 is 1.75 bits per heavy atom. The van der Waals surface area contributed by atoms with Crippen LogP contribution in [-0.4, -0.2) is 17.3 Å². The van der Waals surface area contributed by atoms with Gasteiger partial charge in [-0.3, -0.25) is 14.4 Å². The van der Waals surface area contributed by atoms with E-state index >= 15 is 0 Å². The summed E-state index contributed by atoms with van der Waals surface area (Å²) in [5.41, 5.74) is 0.557. The van der Waals surface area contributed by atoms with Gasteiger partial charge in [0.15, 0.2) is 11.6 Å². The highest BCUT2D eigenvalue weighted by Gasteiger charge is 2.47. The fourth-order valence-corrected chi connectivity index (χ4v) is 3.11. The number of hydrogen-bond acceptors (Lipinski definition) is 3. The van der Waals surface area contributed by atoms with Crippen molar-refractivity contribution in [1.82, 2.24) is 0 Å². The zero-order chi connectivity index (χ0) is 17.3. The molecule has 3 rings (SSSR count). The van der Waals surface area contributed by atoms with Crippen molar-refractivity contribution >= 4 is 29.0 Å². The molecule has 1 atom stereocenters. The highest BCUT2D eigenvalue weighted by Crippen LogP contribution is 2.39. The largest absolute Gasteiger partial charge is 0.299 e. The van der Waals surface area contributed by atoms with Gasteiger partial charge in [-0.05, 0) is 49.2 Å². The van der Waals surface area contributed by atoms with Crippen LogP contribution in [0, 0.1) is 5.41 Å². The summed E-state index contributed by atoms with van der Waals surface area (Å²) in [7, 11) is 0. The van der Waals surface area contributed by atoms with E-state index in [-0.39, 0.29) is 17.3 Å². The normalized spacial score (nSPS) is 19.5. The summed E-state index contributed by atoms with van der Waals surface area (Å²) in [6.45, 7) is 1.39. The van der Waals surface area contributed by atoms with Gasteiger partial charge in [0, 0.05) is 16.1 Å². The number of halogens is 1. The van der Waals surface area contributed by atoms with Crippen LogP contribution < -0.4 is 0 Å². The Morgan fingerprint density at radius 3 is 2.38 bits per heavy atom. The summed E-state index contributed by atoms with van der Waals surface area (Å²) in [4.78, 5) is 37.3. The zero-order valence-corrected chi connectivity index (χ0v) is 13.8. The fourth-order valence-electron chi connectivity index (χ4n) is 2.98. The van der Waals surface area contributed by atoms with E-state index in [4.69, 9.17) is 11.6 Å². The molecule has 2 aromatic rings. The molecule has 0 unspecified atom stereocenters. The number of Topliss-reactive ketones (excluding diaryl/α,β-unsaturated/α-hetero) is 2. The van der Waals surface area contributed by atoms with Crippen molar-refractivity contribution in [3.63, 3.8) is 0 Å². The molecule has 0 spiro atoms. The smallest absolute Gasteiger partial charge is 0.185 e. The maximum Gasteiger partial charge on any atom is 0.185 e. The van der Waals surface area contributed by atoms with E-state index in [2.05, 4.69) is 0 Å². The average molecular weight is 339 g/mol. The third kappa shape index (κ3) is 2.72. The standard InChI is InChI=1S/C20H15ClO3/c1-13(22)20(12-15-4-2-3-5-17(15)19(20)24)11-10-18(23)14-6-8-16(21)9-7-14/h2-11H,12H2,1H3/b11-10+/t20-/m1/s1. The van der Waals surface area contributed by atoms with Gasteiger partial charge in [0.2, 0.25) is 0 Å². The summed E-state index contributed by atoms with van der Waals surface area (Å²) < 4.78 is 0. The third-order valence-electron chi connectivity index (χ3n) is 4.41. The van der Waals surface area contributed by atoms with Crippen molar-refractivity contribution in [3.05, 3.63) is 82.4 Å². The lowest BCUT2D eigenvalue weighted by Crippen LogP contribution is -2.33. The summed E-state index contributed by atoms with van der Waals surface area (Å²) >= 11 is 5.81. The van der Waals surface area contributed by atoms with Crippen LogP contribution in [0.3, 0.4) is 0 Å². The van der Waals surface area contributed by atoms with Crippen LogP contribution in [0.15, 0.2) is 60.7 Å². The van der Waals surface area contributed by atoms with Crippen molar-refractivity contribution in [1.29, 1.82) is 0 Å². The van der Waals surface area contributed by atoms with Crippen LogP contribution in [0.2, 0.25) is 5.02 Å². The molecule has 0 aromatic heterocycles. The zero-order valence-electron chi connectivity index (χ0n) is 13.1. The lowest BCUT2D eigenvalue weighted by Gasteiger charge is -2.19. The molecule has 1 aliphatic carbocycles. The number of rotatable bonds is 4. The second-order valence-corrected chi connectivity index (χ2v) is 6.33. The van der Waals surface area contributed by atoms with Crippen molar-refractivity contribution in [3.8, 4) is 0 Å². The van der Waals surface area contributed by atoms with Crippen LogP contribution in [-0.2, 0) is 11.2 Å². The first-order chi connectivity index (χ1) is 11.4. The number of ketones is 3. The van der Waals surface area contributed by atoms with Crippen LogP contribution in [0.1, 0.15) is 33.2 Å². The molecule has 1 aliphatic rings. The van der Waals surface area contributed by atoms with Gasteiger partial charge in [0.25, 0.3) is 0 Å². The van der Waals surface area contributed by atoms with Crippen molar-refractivity contribution in [2.24, 2.45) is 5.41 Å². The Bertz CT molecular complexity index is 865. The maximum atomic E-state index is 12.8. The minimum absolute atomic E-state index is 0.245. The minimum atomic E-state index is -1.29. The Balaban J connectivity index is 1.94. The van der Waals surface area contributed by atoms with E-state index in [0.717, 1.165) is 5.56 Å². The number of carbonyl (C=O) groups excluding carboxylic acids is 3.